The smallest absolute Gasteiger partial charge is 0.246 e. The van der Waals surface area contributed by atoms with Crippen LogP contribution in [0.25, 0.3) is 0 Å². The summed E-state index contributed by atoms with van der Waals surface area (Å²) in [5, 5.41) is 0. The molecule has 1 heterocycles. The van der Waals surface area contributed by atoms with E-state index in [4.69, 9.17) is 5.73 Å². The van der Waals surface area contributed by atoms with Crippen LogP contribution in [0, 0.1) is 11.7 Å². The summed E-state index contributed by atoms with van der Waals surface area (Å²) in [7, 11) is -4.01. The van der Waals surface area contributed by atoms with Gasteiger partial charge in [0.25, 0.3) is 0 Å². The summed E-state index contributed by atoms with van der Waals surface area (Å²) in [6.45, 7) is 1.73. The molecule has 1 aliphatic heterocycles. The fourth-order valence-electron chi connectivity index (χ4n) is 2.44. The summed E-state index contributed by atoms with van der Waals surface area (Å²) < 4.78 is 40.8. The summed E-state index contributed by atoms with van der Waals surface area (Å²) in [6.07, 6.45) is 1.06. The molecule has 1 aliphatic rings. The summed E-state index contributed by atoms with van der Waals surface area (Å²) >= 11 is 3.14. The van der Waals surface area contributed by atoms with Gasteiger partial charge in [-0.3, -0.25) is 4.79 Å². The lowest BCUT2D eigenvalue weighted by Gasteiger charge is -2.35. The van der Waals surface area contributed by atoms with Gasteiger partial charge in [-0.1, -0.05) is 15.9 Å². The molecule has 2 atom stereocenters. The molecule has 8 heteroatoms. The highest BCUT2D eigenvalue weighted by molar-refractivity contribution is 9.10. The van der Waals surface area contributed by atoms with Gasteiger partial charge < -0.3 is 5.73 Å². The minimum absolute atomic E-state index is 0.00914. The molecule has 0 aromatic heterocycles. The Balaban J connectivity index is 2.42. The van der Waals surface area contributed by atoms with Gasteiger partial charge >= 0.3 is 0 Å². The molecule has 0 saturated carbocycles. The van der Waals surface area contributed by atoms with Gasteiger partial charge in [-0.05, 0) is 38.0 Å². The first-order chi connectivity index (χ1) is 9.73. The maximum atomic E-state index is 13.9. The quantitative estimate of drug-likeness (QED) is 0.871. The summed E-state index contributed by atoms with van der Waals surface area (Å²) in [5.74, 6) is -1.88. The topological polar surface area (TPSA) is 80.5 Å². The molecule has 1 amide bonds. The van der Waals surface area contributed by atoms with Crippen LogP contribution in [0.4, 0.5) is 4.39 Å². The van der Waals surface area contributed by atoms with Crippen LogP contribution in [0.1, 0.15) is 19.8 Å². The molecule has 21 heavy (non-hydrogen) atoms. The molecule has 0 bridgehead atoms. The van der Waals surface area contributed by atoms with E-state index in [2.05, 4.69) is 15.9 Å². The number of halogens is 2. The number of rotatable bonds is 3. The van der Waals surface area contributed by atoms with Gasteiger partial charge in [-0.2, -0.15) is 4.31 Å². The van der Waals surface area contributed by atoms with E-state index in [0.717, 1.165) is 10.4 Å². The van der Waals surface area contributed by atoms with Gasteiger partial charge in [-0.25, -0.2) is 12.8 Å². The first-order valence-electron chi connectivity index (χ1n) is 6.49. The molecule has 1 saturated heterocycles. The molecule has 5 nitrogen and oxygen atoms in total. The molecule has 116 valence electrons. The lowest BCUT2D eigenvalue weighted by Crippen LogP contribution is -2.48. The first-order valence-corrected chi connectivity index (χ1v) is 8.73. The van der Waals surface area contributed by atoms with Crippen LogP contribution in [0.2, 0.25) is 0 Å². The lowest BCUT2D eigenvalue weighted by atomic mass is 9.95. The molecule has 0 unspecified atom stereocenters. The van der Waals surface area contributed by atoms with Crippen molar-refractivity contribution in [3.8, 4) is 0 Å². The zero-order valence-corrected chi connectivity index (χ0v) is 13.8. The van der Waals surface area contributed by atoms with Crippen molar-refractivity contribution in [1.82, 2.24) is 4.31 Å². The van der Waals surface area contributed by atoms with Gasteiger partial charge in [0.05, 0.1) is 5.92 Å². The van der Waals surface area contributed by atoms with E-state index in [9.17, 15) is 17.6 Å². The normalized spacial score (nSPS) is 24.0. The van der Waals surface area contributed by atoms with E-state index in [1.807, 2.05) is 0 Å². The van der Waals surface area contributed by atoms with Crippen LogP contribution >= 0.6 is 15.9 Å². The zero-order chi connectivity index (χ0) is 15.8. The molecular formula is C13H16BrFN2O3S. The standard InChI is InChI=1S/C13H16BrFN2O3S/c1-8-2-3-9(13(16)18)7-17(8)21(19,20)12-6-10(14)4-5-11(12)15/h4-6,8-9H,2-3,7H2,1H3,(H2,16,18)/t8-,9+/m0/s1. The molecule has 2 rings (SSSR count). The lowest BCUT2D eigenvalue weighted by molar-refractivity contribution is -0.123. The Kier molecular flexibility index (Phi) is 4.69. The number of amides is 1. The van der Waals surface area contributed by atoms with Crippen LogP contribution in [-0.2, 0) is 14.8 Å². The molecule has 2 N–H and O–H groups in total. The van der Waals surface area contributed by atoms with Crippen molar-refractivity contribution in [2.75, 3.05) is 6.54 Å². The third kappa shape index (κ3) is 3.27. The van der Waals surface area contributed by atoms with Crippen molar-refractivity contribution >= 4 is 31.9 Å². The van der Waals surface area contributed by atoms with Crippen molar-refractivity contribution < 1.29 is 17.6 Å². The maximum absolute atomic E-state index is 13.9. The SMILES string of the molecule is C[C@H]1CC[C@@H](C(N)=O)CN1S(=O)(=O)c1cc(Br)ccc1F. The molecule has 1 aromatic rings. The second-order valence-electron chi connectivity index (χ2n) is 5.18. The number of primary amides is 1. The Morgan fingerprint density at radius 2 is 2.10 bits per heavy atom. The number of piperidine rings is 1. The molecule has 0 aliphatic carbocycles. The highest BCUT2D eigenvalue weighted by Gasteiger charge is 2.37. The number of carbonyl (C=O) groups excluding carboxylic acids is 1. The summed E-state index contributed by atoms with van der Waals surface area (Å²) in [5.41, 5.74) is 5.27. The number of hydrogen-bond acceptors (Lipinski definition) is 3. The van der Waals surface area contributed by atoms with Gasteiger partial charge in [0.1, 0.15) is 10.7 Å². The second kappa shape index (κ2) is 6.02. The van der Waals surface area contributed by atoms with Gasteiger partial charge in [0.2, 0.25) is 15.9 Å². The van der Waals surface area contributed by atoms with Crippen LogP contribution in [-0.4, -0.2) is 31.2 Å². The van der Waals surface area contributed by atoms with Crippen molar-refractivity contribution in [2.45, 2.75) is 30.7 Å². The minimum Gasteiger partial charge on any atom is -0.369 e. The molecule has 1 aromatic carbocycles. The number of benzene rings is 1. The average Bonchev–Trinajstić information content (AvgIpc) is 2.41. The summed E-state index contributed by atoms with van der Waals surface area (Å²) in [6, 6.07) is 3.45. The Hall–Kier alpha value is -0.990. The molecule has 0 radical (unpaired) electrons. The highest BCUT2D eigenvalue weighted by Crippen LogP contribution is 2.30. The minimum atomic E-state index is -4.01. The second-order valence-corrected chi connectivity index (χ2v) is 7.95. The Labute approximate surface area is 131 Å². The Bertz CT molecular complexity index is 665. The van der Waals surface area contributed by atoms with Crippen LogP contribution in [0.15, 0.2) is 27.6 Å². The Morgan fingerprint density at radius 1 is 1.43 bits per heavy atom. The van der Waals surface area contributed by atoms with E-state index < -0.39 is 32.6 Å². The number of carbonyl (C=O) groups is 1. The fourth-order valence-corrected chi connectivity index (χ4v) is 4.75. The average molecular weight is 379 g/mol. The highest BCUT2D eigenvalue weighted by atomic mass is 79.9. The predicted molar refractivity (Wildman–Crippen MR) is 79.4 cm³/mol. The third-order valence-corrected chi connectivity index (χ3v) is 6.20. The molecular weight excluding hydrogens is 363 g/mol. The van der Waals surface area contributed by atoms with Crippen LogP contribution in [0.5, 0.6) is 0 Å². The van der Waals surface area contributed by atoms with Gasteiger partial charge in [0.15, 0.2) is 0 Å². The number of nitrogens with zero attached hydrogens (tertiary/aromatic N) is 1. The monoisotopic (exact) mass is 378 g/mol. The van der Waals surface area contributed by atoms with Gasteiger partial charge in [0, 0.05) is 17.1 Å². The maximum Gasteiger partial charge on any atom is 0.246 e. The number of sulfonamides is 1. The van der Waals surface area contributed by atoms with Crippen LogP contribution in [0.3, 0.4) is 0 Å². The number of nitrogens with two attached hydrogens (primary N) is 1. The largest absolute Gasteiger partial charge is 0.369 e. The van der Waals surface area contributed by atoms with Crippen molar-refractivity contribution in [1.29, 1.82) is 0 Å². The predicted octanol–water partition coefficient (Wildman–Crippen LogP) is 1.86. The van der Waals surface area contributed by atoms with E-state index >= 15 is 0 Å². The molecule has 0 spiro atoms. The van der Waals surface area contributed by atoms with Crippen molar-refractivity contribution in [3.63, 3.8) is 0 Å². The van der Waals surface area contributed by atoms with E-state index in [-0.39, 0.29) is 12.6 Å². The van der Waals surface area contributed by atoms with E-state index in [1.165, 1.54) is 12.1 Å². The molecule has 1 fully saturated rings. The first kappa shape index (κ1) is 16.4. The van der Waals surface area contributed by atoms with Crippen molar-refractivity contribution in [2.24, 2.45) is 11.7 Å². The van der Waals surface area contributed by atoms with E-state index in [1.54, 1.807) is 6.92 Å². The van der Waals surface area contributed by atoms with Gasteiger partial charge in [-0.15, -0.1) is 0 Å². The summed E-state index contributed by atoms with van der Waals surface area (Å²) in [4.78, 5) is 10.9. The number of hydrogen-bond donors (Lipinski definition) is 1. The van der Waals surface area contributed by atoms with E-state index in [0.29, 0.717) is 17.3 Å². The fraction of sp³-hybridized carbons (Fsp3) is 0.462. The van der Waals surface area contributed by atoms with Crippen molar-refractivity contribution in [3.05, 3.63) is 28.5 Å². The Morgan fingerprint density at radius 3 is 2.71 bits per heavy atom. The zero-order valence-electron chi connectivity index (χ0n) is 11.4. The third-order valence-electron chi connectivity index (χ3n) is 3.71. The van der Waals surface area contributed by atoms with Crippen LogP contribution < -0.4 is 5.73 Å².